The highest BCUT2D eigenvalue weighted by Crippen LogP contribution is 2.28. The molecule has 8 nitrogen and oxygen atoms in total. The number of carbonyl (C=O) groups excluding carboxylic acids is 2. The van der Waals surface area contributed by atoms with E-state index in [4.69, 9.17) is 4.74 Å². The highest BCUT2D eigenvalue weighted by atomic mass is 32.2. The fourth-order valence-electron chi connectivity index (χ4n) is 2.88. The number of carbonyl (C=O) groups is 2. The summed E-state index contributed by atoms with van der Waals surface area (Å²) in [6, 6.07) is 3.54. The quantitative estimate of drug-likeness (QED) is 0.639. The molecule has 1 amide bonds. The summed E-state index contributed by atoms with van der Waals surface area (Å²) >= 11 is 0. The molecule has 1 aromatic carbocycles. The molecule has 1 heterocycles. The molecule has 9 heteroatoms. The topological polar surface area (TPSA) is 113 Å². The van der Waals surface area contributed by atoms with Gasteiger partial charge in [-0.2, -0.15) is 4.31 Å². The number of nitrogens with zero attached hydrogens (tertiary/aromatic N) is 1. The van der Waals surface area contributed by atoms with E-state index < -0.39 is 40.7 Å². The first-order valence-corrected chi connectivity index (χ1v) is 10.7. The number of aliphatic hydroxyl groups excluding tert-OH is 1. The largest absolute Gasteiger partial charge is 0.454 e. The van der Waals surface area contributed by atoms with E-state index >= 15 is 0 Å². The number of nitrogens with one attached hydrogen (secondary N) is 1. The van der Waals surface area contributed by atoms with Crippen molar-refractivity contribution in [3.05, 3.63) is 29.3 Å². The maximum Gasteiger partial charge on any atom is 0.325 e. The van der Waals surface area contributed by atoms with Crippen molar-refractivity contribution in [2.75, 3.05) is 19.7 Å². The van der Waals surface area contributed by atoms with Crippen LogP contribution >= 0.6 is 0 Å². The van der Waals surface area contributed by atoms with Gasteiger partial charge in [0.15, 0.2) is 6.61 Å². The number of benzene rings is 1. The number of rotatable bonds is 7. The molecule has 2 N–H and O–H groups in total. The van der Waals surface area contributed by atoms with Crippen LogP contribution in [0.25, 0.3) is 0 Å². The van der Waals surface area contributed by atoms with Crippen molar-refractivity contribution in [2.45, 2.75) is 51.2 Å². The highest BCUT2D eigenvalue weighted by Gasteiger charge is 2.44. The van der Waals surface area contributed by atoms with Crippen LogP contribution in [0.2, 0.25) is 0 Å². The first-order chi connectivity index (χ1) is 13.0. The van der Waals surface area contributed by atoms with Crippen LogP contribution in [-0.4, -0.2) is 61.5 Å². The summed E-state index contributed by atoms with van der Waals surface area (Å²) in [6.07, 6.45) is -1.05. The van der Waals surface area contributed by atoms with E-state index in [1.807, 2.05) is 20.8 Å². The van der Waals surface area contributed by atoms with Crippen LogP contribution in [0, 0.1) is 19.8 Å². The Labute approximate surface area is 165 Å². The lowest BCUT2D eigenvalue weighted by molar-refractivity contribution is -0.151. The molecule has 0 aromatic heterocycles. The van der Waals surface area contributed by atoms with Crippen LogP contribution in [0.1, 0.15) is 31.4 Å². The SMILES string of the molecule is Cc1ccc(S(=O)(=O)N2C[C@H](O)C[C@H]2C(=O)OCC(=O)NCC(C)C)cc1C. The van der Waals surface area contributed by atoms with Gasteiger partial charge < -0.3 is 15.2 Å². The van der Waals surface area contributed by atoms with Crippen LogP contribution in [0.5, 0.6) is 0 Å². The predicted molar refractivity (Wildman–Crippen MR) is 103 cm³/mol. The first kappa shape index (κ1) is 22.3. The van der Waals surface area contributed by atoms with Crippen molar-refractivity contribution >= 4 is 21.9 Å². The fourth-order valence-corrected chi connectivity index (χ4v) is 4.59. The molecular formula is C19H28N2O6S. The lowest BCUT2D eigenvalue weighted by Crippen LogP contribution is -2.42. The Morgan fingerprint density at radius 2 is 1.96 bits per heavy atom. The normalized spacial score (nSPS) is 20.4. The molecule has 156 valence electrons. The number of ether oxygens (including phenoxy) is 1. The van der Waals surface area contributed by atoms with Crippen LogP contribution in [0.3, 0.4) is 0 Å². The summed E-state index contributed by atoms with van der Waals surface area (Å²) in [7, 11) is -3.99. The van der Waals surface area contributed by atoms with Gasteiger partial charge in [-0.25, -0.2) is 8.42 Å². The number of sulfonamides is 1. The van der Waals surface area contributed by atoms with Gasteiger partial charge >= 0.3 is 5.97 Å². The van der Waals surface area contributed by atoms with Gasteiger partial charge in [-0.1, -0.05) is 19.9 Å². The summed E-state index contributed by atoms with van der Waals surface area (Å²) < 4.78 is 32.0. The molecular weight excluding hydrogens is 384 g/mol. The third-order valence-corrected chi connectivity index (χ3v) is 6.51. The van der Waals surface area contributed by atoms with Gasteiger partial charge in [0.25, 0.3) is 5.91 Å². The molecule has 0 radical (unpaired) electrons. The smallest absolute Gasteiger partial charge is 0.325 e. The zero-order valence-electron chi connectivity index (χ0n) is 16.6. The Morgan fingerprint density at radius 3 is 2.57 bits per heavy atom. The van der Waals surface area contributed by atoms with Crippen LogP contribution in [0.15, 0.2) is 23.1 Å². The van der Waals surface area contributed by atoms with Gasteiger partial charge in [0.05, 0.1) is 11.0 Å². The first-order valence-electron chi connectivity index (χ1n) is 9.23. The Bertz CT molecular complexity index is 837. The maximum absolute atomic E-state index is 13.0. The van der Waals surface area contributed by atoms with Crippen molar-refractivity contribution in [3.63, 3.8) is 0 Å². The molecule has 1 aliphatic rings. The molecule has 1 fully saturated rings. The second kappa shape index (κ2) is 9.02. The zero-order valence-corrected chi connectivity index (χ0v) is 17.5. The minimum absolute atomic E-state index is 0.0529. The predicted octanol–water partition coefficient (Wildman–Crippen LogP) is 0.743. The second-order valence-electron chi connectivity index (χ2n) is 7.53. The zero-order chi connectivity index (χ0) is 21.1. The van der Waals surface area contributed by atoms with Crippen LogP contribution in [0.4, 0.5) is 0 Å². The Kier molecular flexibility index (Phi) is 7.19. The van der Waals surface area contributed by atoms with E-state index in [1.165, 1.54) is 12.1 Å². The molecule has 0 aliphatic carbocycles. The Morgan fingerprint density at radius 1 is 1.29 bits per heavy atom. The number of aryl methyl sites for hydroxylation is 2. The van der Waals surface area contributed by atoms with Crippen molar-refractivity contribution in [3.8, 4) is 0 Å². The number of amides is 1. The summed E-state index contributed by atoms with van der Waals surface area (Å²) in [4.78, 5) is 24.2. The lowest BCUT2D eigenvalue weighted by atomic mass is 10.1. The van der Waals surface area contributed by atoms with Gasteiger partial charge in [0, 0.05) is 19.5 Å². The molecule has 0 unspecified atom stereocenters. The van der Waals surface area contributed by atoms with E-state index in [9.17, 15) is 23.1 Å². The summed E-state index contributed by atoms with van der Waals surface area (Å²) in [5.41, 5.74) is 1.76. The van der Waals surface area contributed by atoms with Gasteiger partial charge in [0.1, 0.15) is 6.04 Å². The highest BCUT2D eigenvalue weighted by molar-refractivity contribution is 7.89. The Balaban J connectivity index is 2.12. The molecule has 1 saturated heterocycles. The van der Waals surface area contributed by atoms with Crippen LogP contribution in [-0.2, 0) is 24.3 Å². The average Bonchev–Trinajstić information content (AvgIpc) is 3.02. The number of β-amino-alcohol motifs (C(OH)–C–C–N with tert-alkyl or cyclic N) is 1. The number of hydrogen-bond donors (Lipinski definition) is 2. The van der Waals surface area contributed by atoms with E-state index in [2.05, 4.69) is 5.32 Å². The minimum atomic E-state index is -3.99. The maximum atomic E-state index is 13.0. The summed E-state index contributed by atoms with van der Waals surface area (Å²) in [6.45, 7) is 7.30. The third kappa shape index (κ3) is 5.30. The second-order valence-corrected chi connectivity index (χ2v) is 9.42. The van der Waals surface area contributed by atoms with Gasteiger partial charge in [-0.05, 0) is 43.0 Å². The van der Waals surface area contributed by atoms with E-state index in [0.717, 1.165) is 15.4 Å². The molecule has 1 aliphatic heterocycles. The summed E-state index contributed by atoms with van der Waals surface area (Å²) in [5, 5.41) is 12.6. The number of esters is 1. The number of aliphatic hydroxyl groups is 1. The average molecular weight is 413 g/mol. The molecule has 0 spiro atoms. The van der Waals surface area contributed by atoms with E-state index in [0.29, 0.717) is 6.54 Å². The molecule has 2 atom stereocenters. The summed E-state index contributed by atoms with van der Waals surface area (Å²) in [5.74, 6) is -1.05. The van der Waals surface area contributed by atoms with E-state index in [1.54, 1.807) is 13.0 Å². The van der Waals surface area contributed by atoms with Gasteiger partial charge in [-0.3, -0.25) is 9.59 Å². The van der Waals surface area contributed by atoms with Crippen molar-refractivity contribution < 1.29 is 27.9 Å². The minimum Gasteiger partial charge on any atom is -0.454 e. The number of hydrogen-bond acceptors (Lipinski definition) is 6. The standard InChI is InChI=1S/C19H28N2O6S/c1-12(2)9-20-18(23)11-27-19(24)17-8-15(22)10-21(17)28(25,26)16-6-5-13(3)14(4)7-16/h5-7,12,15,17,22H,8-11H2,1-4H3,(H,20,23)/t15-,17+/m1/s1. The molecule has 28 heavy (non-hydrogen) atoms. The van der Waals surface area contributed by atoms with Crippen LogP contribution < -0.4 is 5.32 Å². The molecule has 0 saturated carbocycles. The van der Waals surface area contributed by atoms with Crippen molar-refractivity contribution in [1.82, 2.24) is 9.62 Å². The monoisotopic (exact) mass is 412 g/mol. The fraction of sp³-hybridized carbons (Fsp3) is 0.579. The van der Waals surface area contributed by atoms with Crippen molar-refractivity contribution in [2.24, 2.45) is 5.92 Å². The molecule has 2 rings (SSSR count). The van der Waals surface area contributed by atoms with E-state index in [-0.39, 0.29) is 23.8 Å². The Hall–Kier alpha value is -1.97. The lowest BCUT2D eigenvalue weighted by Gasteiger charge is -2.22. The van der Waals surface area contributed by atoms with Crippen molar-refractivity contribution in [1.29, 1.82) is 0 Å². The van der Waals surface area contributed by atoms with Gasteiger partial charge in [-0.15, -0.1) is 0 Å². The van der Waals surface area contributed by atoms with Gasteiger partial charge in [0.2, 0.25) is 10.0 Å². The third-order valence-electron chi connectivity index (χ3n) is 4.64. The molecule has 0 bridgehead atoms. The molecule has 1 aromatic rings.